The van der Waals surface area contributed by atoms with Gasteiger partial charge in [-0.25, -0.2) is 4.39 Å². The van der Waals surface area contributed by atoms with Gasteiger partial charge in [0.25, 0.3) is 5.91 Å². The van der Waals surface area contributed by atoms with Gasteiger partial charge < -0.3 is 9.64 Å². The van der Waals surface area contributed by atoms with E-state index in [1.165, 1.54) is 13.2 Å². The van der Waals surface area contributed by atoms with Gasteiger partial charge in [-0.15, -0.1) is 0 Å². The number of hydrogen-bond donors (Lipinski definition) is 0. The fraction of sp³-hybridized carbons (Fsp3) is 0.417. The molecule has 0 atom stereocenters. The van der Waals surface area contributed by atoms with Gasteiger partial charge in [0.15, 0.2) is 0 Å². The third kappa shape index (κ3) is 2.51. The average molecular weight is 228 g/mol. The van der Waals surface area contributed by atoms with E-state index in [1.54, 1.807) is 13.8 Å². The number of hydrogen-bond acceptors (Lipinski definition) is 2. The van der Waals surface area contributed by atoms with E-state index in [9.17, 15) is 9.18 Å². The monoisotopic (exact) mass is 228 g/mol. The number of benzene rings is 1. The molecule has 0 heterocycles. The lowest BCUT2D eigenvalue weighted by atomic mass is 10.1. The second-order valence-corrected chi connectivity index (χ2v) is 3.61. The Kier molecular flexibility index (Phi) is 2.66. The Labute approximate surface area is 99.0 Å². The van der Waals surface area contributed by atoms with Crippen molar-refractivity contribution in [1.29, 1.82) is 0 Å². The zero-order chi connectivity index (χ0) is 14.8. The minimum Gasteiger partial charge on any atom is -0.496 e. The van der Waals surface area contributed by atoms with Crippen molar-refractivity contribution in [3.05, 3.63) is 29.6 Å². The topological polar surface area (TPSA) is 29.5 Å². The Morgan fingerprint density at radius 2 is 2.25 bits per heavy atom. The molecule has 1 aromatic rings. The maximum absolute atomic E-state index is 13.2. The van der Waals surface area contributed by atoms with E-state index in [0.717, 1.165) is 17.0 Å². The summed E-state index contributed by atoms with van der Waals surface area (Å²) in [6.45, 7) is 0.564. The van der Waals surface area contributed by atoms with Crippen LogP contribution in [0.4, 0.5) is 4.39 Å². The van der Waals surface area contributed by atoms with Gasteiger partial charge in [-0.3, -0.25) is 4.79 Å². The van der Waals surface area contributed by atoms with E-state index >= 15 is 0 Å². The third-order valence-electron chi connectivity index (χ3n) is 2.13. The molecule has 0 saturated heterocycles. The van der Waals surface area contributed by atoms with Crippen LogP contribution >= 0.6 is 0 Å². The smallest absolute Gasteiger partial charge is 0.257 e. The number of ether oxygens (including phenoxy) is 1. The normalized spacial score (nSPS) is 13.9. The summed E-state index contributed by atoms with van der Waals surface area (Å²) in [4.78, 5) is 13.0. The van der Waals surface area contributed by atoms with Crippen molar-refractivity contribution in [3.63, 3.8) is 0 Å². The van der Waals surface area contributed by atoms with Crippen LogP contribution in [0.15, 0.2) is 18.2 Å². The summed E-state index contributed by atoms with van der Waals surface area (Å²) in [5.74, 6) is -1.27. The molecule has 0 aliphatic heterocycles. The van der Waals surface area contributed by atoms with Crippen LogP contribution in [0.5, 0.6) is 5.75 Å². The minimum atomic E-state index is -2.59. The van der Waals surface area contributed by atoms with Gasteiger partial charge in [-0.05, 0) is 32.0 Å². The lowest BCUT2D eigenvalue weighted by Gasteiger charge is -2.22. The van der Waals surface area contributed by atoms with Crippen LogP contribution in [0, 0.1) is 5.82 Å². The van der Waals surface area contributed by atoms with Gasteiger partial charge in [0, 0.05) is 17.1 Å². The van der Waals surface area contributed by atoms with E-state index in [-0.39, 0.29) is 11.3 Å². The Hall–Kier alpha value is -1.58. The number of carbonyl (C=O) groups excluding carboxylic acids is 1. The zero-order valence-corrected chi connectivity index (χ0v) is 9.45. The molecule has 1 aromatic carbocycles. The molecule has 0 bridgehead atoms. The molecule has 0 aliphatic rings. The average Bonchev–Trinajstić information content (AvgIpc) is 2.26. The largest absolute Gasteiger partial charge is 0.496 e. The molecule has 1 amide bonds. The van der Waals surface area contributed by atoms with E-state index in [1.807, 2.05) is 0 Å². The van der Waals surface area contributed by atoms with Gasteiger partial charge >= 0.3 is 0 Å². The molecule has 0 aliphatic carbocycles. The first-order chi connectivity index (χ1) is 8.68. The molecular weight excluding hydrogens is 209 g/mol. The molecule has 0 saturated carbocycles. The molecule has 4 heteroatoms. The maximum atomic E-state index is 13.2. The first kappa shape index (κ1) is 8.56. The number of nitrogens with zero attached hydrogens (tertiary/aromatic N) is 1. The predicted octanol–water partition coefficient (Wildman–Crippen LogP) is 2.31. The SMILES string of the molecule is [2H]C([2H])([2H])N(C(=O)c1cc(F)ccc1OC)C(C)C. The first-order valence-corrected chi connectivity index (χ1v) is 4.85. The van der Waals surface area contributed by atoms with E-state index < -0.39 is 24.7 Å². The number of rotatable bonds is 3. The highest BCUT2D eigenvalue weighted by molar-refractivity contribution is 5.96. The standard InChI is InChI=1S/C12H16FNO2/c1-8(2)14(3)12(15)10-7-9(13)5-6-11(10)16-4/h5-8H,1-4H3/i3D3. The van der Waals surface area contributed by atoms with E-state index in [4.69, 9.17) is 8.85 Å². The van der Waals surface area contributed by atoms with Gasteiger partial charge in [-0.1, -0.05) is 0 Å². The van der Waals surface area contributed by atoms with Gasteiger partial charge in [-0.2, -0.15) is 0 Å². The quantitative estimate of drug-likeness (QED) is 0.794. The van der Waals surface area contributed by atoms with Crippen LogP contribution in [0.3, 0.4) is 0 Å². The Balaban J connectivity index is 3.28. The number of halogens is 1. The molecule has 0 N–H and O–H groups in total. The summed E-state index contributed by atoms with van der Waals surface area (Å²) in [6.07, 6.45) is 0. The van der Waals surface area contributed by atoms with Crippen LogP contribution in [0.25, 0.3) is 0 Å². The molecule has 88 valence electrons. The zero-order valence-electron chi connectivity index (χ0n) is 12.5. The van der Waals surface area contributed by atoms with E-state index in [0.29, 0.717) is 0 Å². The molecule has 0 radical (unpaired) electrons. The fourth-order valence-electron chi connectivity index (χ4n) is 1.21. The highest BCUT2D eigenvalue weighted by Gasteiger charge is 2.19. The lowest BCUT2D eigenvalue weighted by Crippen LogP contribution is -2.33. The molecule has 16 heavy (non-hydrogen) atoms. The van der Waals surface area contributed by atoms with Crippen molar-refractivity contribution in [2.45, 2.75) is 19.9 Å². The highest BCUT2D eigenvalue weighted by Crippen LogP contribution is 2.21. The molecule has 0 aromatic heterocycles. The van der Waals surface area contributed by atoms with Crippen LogP contribution in [0.2, 0.25) is 0 Å². The fourth-order valence-corrected chi connectivity index (χ4v) is 1.21. The summed E-state index contributed by atoms with van der Waals surface area (Å²) in [5.41, 5.74) is -0.104. The molecule has 3 nitrogen and oxygen atoms in total. The predicted molar refractivity (Wildman–Crippen MR) is 60.2 cm³/mol. The van der Waals surface area contributed by atoms with Crippen LogP contribution < -0.4 is 4.74 Å². The number of amides is 1. The lowest BCUT2D eigenvalue weighted by molar-refractivity contribution is 0.0751. The van der Waals surface area contributed by atoms with Gasteiger partial charge in [0.05, 0.1) is 12.7 Å². The summed E-state index contributed by atoms with van der Waals surface area (Å²) >= 11 is 0. The molecule has 1 rings (SSSR count). The molecular formula is C12H16FNO2. The van der Waals surface area contributed by atoms with Crippen LogP contribution in [-0.2, 0) is 0 Å². The number of carbonyl (C=O) groups is 1. The number of methoxy groups -OCH3 is 1. The van der Waals surface area contributed by atoms with E-state index in [2.05, 4.69) is 0 Å². The molecule has 0 fully saturated rings. The van der Waals surface area contributed by atoms with Gasteiger partial charge in [0.2, 0.25) is 0 Å². The minimum absolute atomic E-state index is 0.104. The maximum Gasteiger partial charge on any atom is 0.257 e. The second-order valence-electron chi connectivity index (χ2n) is 3.61. The van der Waals surface area contributed by atoms with Gasteiger partial charge in [0.1, 0.15) is 11.6 Å². The Bertz CT molecular complexity index is 475. The van der Waals surface area contributed by atoms with Crippen molar-refractivity contribution >= 4 is 5.91 Å². The van der Waals surface area contributed by atoms with Crippen LogP contribution in [0.1, 0.15) is 28.3 Å². The van der Waals surface area contributed by atoms with Crippen molar-refractivity contribution in [3.8, 4) is 5.75 Å². The van der Waals surface area contributed by atoms with Crippen molar-refractivity contribution in [2.75, 3.05) is 14.1 Å². The summed E-state index contributed by atoms with van der Waals surface area (Å²) < 4.78 is 40.4. The summed E-state index contributed by atoms with van der Waals surface area (Å²) in [6, 6.07) is 2.86. The Morgan fingerprint density at radius 1 is 1.56 bits per heavy atom. The van der Waals surface area contributed by atoms with Crippen molar-refractivity contribution < 1.29 is 18.0 Å². The molecule has 0 unspecified atom stereocenters. The highest BCUT2D eigenvalue weighted by atomic mass is 19.1. The summed E-state index contributed by atoms with van der Waals surface area (Å²) in [7, 11) is 1.33. The molecule has 0 spiro atoms. The summed E-state index contributed by atoms with van der Waals surface area (Å²) in [5, 5.41) is 0. The van der Waals surface area contributed by atoms with Crippen LogP contribution in [-0.4, -0.2) is 30.9 Å². The van der Waals surface area contributed by atoms with Crippen molar-refractivity contribution in [1.82, 2.24) is 4.90 Å². The second kappa shape index (κ2) is 4.96. The first-order valence-electron chi connectivity index (χ1n) is 6.35. The van der Waals surface area contributed by atoms with Crippen molar-refractivity contribution in [2.24, 2.45) is 0 Å². The Morgan fingerprint density at radius 3 is 2.75 bits per heavy atom. The third-order valence-corrected chi connectivity index (χ3v) is 2.13.